The van der Waals surface area contributed by atoms with Crippen molar-refractivity contribution in [2.75, 3.05) is 91.1 Å². The van der Waals surface area contributed by atoms with Crippen LogP contribution < -0.4 is 21.5 Å². The Bertz CT molecular complexity index is 1650. The van der Waals surface area contributed by atoms with Gasteiger partial charge in [0.25, 0.3) is 0 Å². The van der Waals surface area contributed by atoms with Crippen molar-refractivity contribution in [3.63, 3.8) is 0 Å². The smallest absolute Gasteiger partial charge is 0.241 e. The van der Waals surface area contributed by atoms with E-state index in [1.807, 2.05) is 64.2 Å². The van der Waals surface area contributed by atoms with Gasteiger partial charge in [-0.25, -0.2) is 14.6 Å². The molecule has 254 valence electrons. The molecule has 0 radical (unpaired) electrons. The number of fused-ring (bicyclic) bond motifs is 1. The van der Waals surface area contributed by atoms with E-state index in [1.54, 1.807) is 0 Å². The maximum Gasteiger partial charge on any atom is 0.241 e. The van der Waals surface area contributed by atoms with Gasteiger partial charge in [0.1, 0.15) is 35.4 Å². The third-order valence-corrected chi connectivity index (χ3v) is 9.31. The Morgan fingerprint density at radius 2 is 1.58 bits per heavy atom. The summed E-state index contributed by atoms with van der Waals surface area (Å²) in [5, 5.41) is 9.19. The van der Waals surface area contributed by atoms with E-state index in [9.17, 15) is 4.79 Å². The summed E-state index contributed by atoms with van der Waals surface area (Å²) in [5.41, 5.74) is 15.3. The molecule has 3 aliphatic rings. The molecule has 2 aromatic carbocycles. The molecule has 3 saturated heterocycles. The second-order valence-corrected chi connectivity index (χ2v) is 12.5. The number of amides is 1. The first-order valence-corrected chi connectivity index (χ1v) is 16.7. The number of carbonyl (C=O) groups is 1. The van der Waals surface area contributed by atoms with Gasteiger partial charge in [-0.1, -0.05) is 18.2 Å². The van der Waals surface area contributed by atoms with Crippen LogP contribution in [0.25, 0.3) is 22.3 Å². The normalized spacial score (nSPS) is 19.2. The highest BCUT2D eigenvalue weighted by Gasteiger charge is 2.39. The lowest BCUT2D eigenvalue weighted by molar-refractivity contribution is -0.140. The molecule has 2 unspecified atom stereocenters. The fourth-order valence-corrected chi connectivity index (χ4v) is 6.56. The zero-order chi connectivity index (χ0) is 32.9. The Kier molecular flexibility index (Phi) is 10.1. The van der Waals surface area contributed by atoms with Gasteiger partial charge in [-0.3, -0.25) is 14.6 Å². The number of carbonyl (C=O) groups excluding carboxylic acids is 1. The van der Waals surface area contributed by atoms with Crippen molar-refractivity contribution in [3.05, 3.63) is 60.9 Å². The molecule has 0 aliphatic carbocycles. The molecule has 1 amide bonds. The number of nitrogens with one attached hydrogen (secondary N) is 1. The van der Waals surface area contributed by atoms with Crippen molar-refractivity contribution < 1.29 is 19.0 Å². The van der Waals surface area contributed by atoms with Crippen LogP contribution in [0, 0.1) is 0 Å². The van der Waals surface area contributed by atoms with E-state index < -0.39 is 6.04 Å². The fraction of sp³-hybridized carbons (Fsp3) is 0.471. The number of nitrogen functional groups attached to an aromatic ring is 1. The van der Waals surface area contributed by atoms with Gasteiger partial charge in [-0.2, -0.15) is 5.10 Å². The highest BCUT2D eigenvalue weighted by atomic mass is 16.5. The van der Waals surface area contributed by atoms with E-state index in [4.69, 9.17) is 30.8 Å². The number of hydrogen-bond acceptors (Lipinski definition) is 12. The molecule has 0 spiro atoms. The number of benzene rings is 2. The van der Waals surface area contributed by atoms with Gasteiger partial charge >= 0.3 is 0 Å². The predicted octanol–water partition coefficient (Wildman–Crippen LogP) is 1.20. The number of nitrogens with two attached hydrogens (primary N) is 2. The number of aromatic nitrogens is 4. The predicted molar refractivity (Wildman–Crippen MR) is 182 cm³/mol. The second-order valence-electron chi connectivity index (χ2n) is 12.5. The van der Waals surface area contributed by atoms with Crippen molar-refractivity contribution in [2.24, 2.45) is 5.73 Å². The number of anilines is 1. The third-order valence-electron chi connectivity index (χ3n) is 9.31. The molecule has 5 N–H and O–H groups in total. The molecule has 14 heteroatoms. The maximum atomic E-state index is 14.0. The molecule has 7 rings (SSSR count). The maximum absolute atomic E-state index is 14.0. The Morgan fingerprint density at radius 1 is 0.917 bits per heavy atom. The highest BCUT2D eigenvalue weighted by molar-refractivity contribution is 5.98. The summed E-state index contributed by atoms with van der Waals surface area (Å²) in [4.78, 5) is 29.3. The van der Waals surface area contributed by atoms with Gasteiger partial charge in [0.05, 0.1) is 37.9 Å². The summed E-state index contributed by atoms with van der Waals surface area (Å²) in [7, 11) is 0. The molecular formula is C34H44N10O4. The molecule has 14 nitrogen and oxygen atoms in total. The molecule has 0 bridgehead atoms. The molecule has 3 aliphatic heterocycles. The van der Waals surface area contributed by atoms with Crippen molar-refractivity contribution >= 4 is 22.8 Å². The highest BCUT2D eigenvalue weighted by Crippen LogP contribution is 2.35. The van der Waals surface area contributed by atoms with Gasteiger partial charge in [0.15, 0.2) is 5.65 Å². The average molecular weight is 657 g/mol. The number of morpholine rings is 2. The van der Waals surface area contributed by atoms with Crippen LogP contribution in [0.2, 0.25) is 0 Å². The summed E-state index contributed by atoms with van der Waals surface area (Å²) >= 11 is 0. The monoisotopic (exact) mass is 656 g/mol. The first-order valence-electron chi connectivity index (χ1n) is 16.7. The summed E-state index contributed by atoms with van der Waals surface area (Å²) in [6.07, 6.45) is 1.46. The first-order chi connectivity index (χ1) is 23.5. The molecule has 2 aromatic heterocycles. The standard InChI is InChI=1S/C34H44N10O4/c35-28(22-42-14-18-47-19-15-42)31(37-10-11-41-12-16-46-17-13-41)34(45)43-20-25(21-43)44-33-29(32(36)38-23-39-33)30(40-44)24-6-8-27(9-7-24)48-26-4-2-1-3-5-26/h1-9,23,25,28,31,37H,10-22,35H2,(H2,36,38,39). The summed E-state index contributed by atoms with van der Waals surface area (Å²) in [6.45, 7) is 9.39. The van der Waals surface area contributed by atoms with Gasteiger partial charge in [-0.15, -0.1) is 0 Å². The lowest BCUT2D eigenvalue weighted by Gasteiger charge is -2.42. The number of ether oxygens (including phenoxy) is 3. The molecule has 4 aromatic rings. The minimum atomic E-state index is -0.505. The summed E-state index contributed by atoms with van der Waals surface area (Å²) in [5.74, 6) is 1.84. The first kappa shape index (κ1) is 32.4. The van der Waals surface area contributed by atoms with Crippen LogP contribution in [0.15, 0.2) is 60.9 Å². The van der Waals surface area contributed by atoms with E-state index in [-0.39, 0.29) is 18.0 Å². The lowest BCUT2D eigenvalue weighted by atomic mass is 10.0. The van der Waals surface area contributed by atoms with Crippen LogP contribution >= 0.6 is 0 Å². The SMILES string of the molecule is Nc1ncnc2c1c(-c1ccc(Oc3ccccc3)cc1)nn2C1CN(C(=O)C(NCCN2CCOCC2)C(N)CN2CCOCC2)C1. The zero-order valence-corrected chi connectivity index (χ0v) is 27.1. The van der Waals surface area contributed by atoms with Crippen LogP contribution in [-0.2, 0) is 14.3 Å². The van der Waals surface area contributed by atoms with Gasteiger partial charge in [0.2, 0.25) is 5.91 Å². The Morgan fingerprint density at radius 3 is 2.29 bits per heavy atom. The zero-order valence-electron chi connectivity index (χ0n) is 27.1. The third kappa shape index (κ3) is 7.28. The Hall–Kier alpha value is -4.18. The summed E-state index contributed by atoms with van der Waals surface area (Å²) in [6, 6.07) is 16.4. The molecule has 2 atom stereocenters. The summed E-state index contributed by atoms with van der Waals surface area (Å²) < 4.78 is 18.9. The fourth-order valence-electron chi connectivity index (χ4n) is 6.56. The average Bonchev–Trinajstić information content (AvgIpc) is 3.48. The van der Waals surface area contributed by atoms with Crippen LogP contribution in [0.5, 0.6) is 11.5 Å². The molecular weight excluding hydrogens is 612 g/mol. The van der Waals surface area contributed by atoms with E-state index >= 15 is 0 Å². The lowest BCUT2D eigenvalue weighted by Crippen LogP contribution is -2.64. The van der Waals surface area contributed by atoms with Crippen molar-refractivity contribution in [3.8, 4) is 22.8 Å². The van der Waals surface area contributed by atoms with Crippen molar-refractivity contribution in [1.82, 2.24) is 39.8 Å². The largest absolute Gasteiger partial charge is 0.457 e. The Labute approximate surface area is 279 Å². The number of nitrogens with zero attached hydrogens (tertiary/aromatic N) is 7. The topological polar surface area (TPSA) is 162 Å². The van der Waals surface area contributed by atoms with E-state index in [0.29, 0.717) is 67.7 Å². The number of likely N-dealkylation sites (tertiary alicyclic amines) is 1. The van der Waals surface area contributed by atoms with Crippen molar-refractivity contribution in [1.29, 1.82) is 0 Å². The number of para-hydroxylation sites is 1. The van der Waals surface area contributed by atoms with E-state index in [2.05, 4.69) is 25.1 Å². The number of rotatable bonds is 12. The van der Waals surface area contributed by atoms with Crippen LogP contribution in [0.4, 0.5) is 5.82 Å². The molecule has 3 fully saturated rings. The Balaban J connectivity index is 1.05. The second kappa shape index (κ2) is 14.9. The molecule has 48 heavy (non-hydrogen) atoms. The van der Waals surface area contributed by atoms with Crippen LogP contribution in [0.1, 0.15) is 6.04 Å². The minimum Gasteiger partial charge on any atom is -0.457 e. The van der Waals surface area contributed by atoms with Gasteiger partial charge in [-0.05, 0) is 36.4 Å². The van der Waals surface area contributed by atoms with E-state index in [1.165, 1.54) is 6.33 Å². The minimum absolute atomic E-state index is 0.00816. The van der Waals surface area contributed by atoms with Crippen molar-refractivity contribution in [2.45, 2.75) is 18.1 Å². The quantitative estimate of drug-likeness (QED) is 0.200. The number of hydrogen-bond donors (Lipinski definition) is 3. The van der Waals surface area contributed by atoms with Gasteiger partial charge < -0.3 is 35.9 Å². The van der Waals surface area contributed by atoms with Crippen LogP contribution in [-0.4, -0.2) is 138 Å². The molecule has 0 saturated carbocycles. The van der Waals surface area contributed by atoms with E-state index in [0.717, 1.165) is 57.3 Å². The van der Waals surface area contributed by atoms with Gasteiger partial charge in [0, 0.05) is 70.5 Å². The molecule has 5 heterocycles. The van der Waals surface area contributed by atoms with Crippen LogP contribution in [0.3, 0.4) is 0 Å².